The van der Waals surface area contributed by atoms with E-state index in [4.69, 9.17) is 0 Å². The van der Waals surface area contributed by atoms with Crippen molar-refractivity contribution in [3.05, 3.63) is 34.1 Å². The standard InChI is InChI=1S/C13H14BrFO3/c1-18-13(17)5-4-12(16)3-2-9-6-10(14)8-11(15)7-9/h6-8H,2-5H2,1H3. The van der Waals surface area contributed by atoms with E-state index in [2.05, 4.69) is 20.7 Å². The van der Waals surface area contributed by atoms with E-state index in [1.807, 2.05) is 0 Å². The van der Waals surface area contributed by atoms with Crippen LogP contribution >= 0.6 is 15.9 Å². The highest BCUT2D eigenvalue weighted by molar-refractivity contribution is 9.10. The largest absolute Gasteiger partial charge is 0.469 e. The first-order valence-electron chi connectivity index (χ1n) is 5.54. The van der Waals surface area contributed by atoms with E-state index >= 15 is 0 Å². The van der Waals surface area contributed by atoms with Gasteiger partial charge in [0.05, 0.1) is 13.5 Å². The number of benzene rings is 1. The second-order valence-electron chi connectivity index (χ2n) is 3.89. The van der Waals surface area contributed by atoms with Gasteiger partial charge in [0.2, 0.25) is 0 Å². The fourth-order valence-electron chi connectivity index (χ4n) is 1.51. The highest BCUT2D eigenvalue weighted by Gasteiger charge is 2.08. The average molecular weight is 317 g/mol. The van der Waals surface area contributed by atoms with Crippen molar-refractivity contribution in [3.63, 3.8) is 0 Å². The van der Waals surface area contributed by atoms with Crippen LogP contribution < -0.4 is 0 Å². The van der Waals surface area contributed by atoms with Crippen LogP contribution in [-0.4, -0.2) is 18.9 Å². The van der Waals surface area contributed by atoms with Gasteiger partial charge in [0.25, 0.3) is 0 Å². The molecule has 0 fully saturated rings. The summed E-state index contributed by atoms with van der Waals surface area (Å²) in [4.78, 5) is 22.3. The third-order valence-electron chi connectivity index (χ3n) is 2.45. The van der Waals surface area contributed by atoms with Crippen molar-refractivity contribution in [2.75, 3.05) is 7.11 Å². The number of carbonyl (C=O) groups is 2. The second-order valence-corrected chi connectivity index (χ2v) is 4.81. The van der Waals surface area contributed by atoms with Crippen LogP contribution in [0.1, 0.15) is 24.8 Å². The number of halogens is 2. The molecule has 0 aliphatic heterocycles. The quantitative estimate of drug-likeness (QED) is 0.758. The Labute approximate surface area is 113 Å². The number of hydrogen-bond donors (Lipinski definition) is 0. The lowest BCUT2D eigenvalue weighted by atomic mass is 10.1. The summed E-state index contributed by atoms with van der Waals surface area (Å²) in [5.74, 6) is -0.751. The lowest BCUT2D eigenvalue weighted by molar-refractivity contribution is -0.141. The van der Waals surface area contributed by atoms with Gasteiger partial charge in [0.15, 0.2) is 0 Å². The summed E-state index contributed by atoms with van der Waals surface area (Å²) in [5.41, 5.74) is 0.758. The third-order valence-corrected chi connectivity index (χ3v) is 2.91. The Morgan fingerprint density at radius 2 is 1.94 bits per heavy atom. The molecule has 0 aliphatic carbocycles. The van der Waals surface area contributed by atoms with E-state index in [0.29, 0.717) is 17.3 Å². The molecule has 0 unspecified atom stereocenters. The van der Waals surface area contributed by atoms with Gasteiger partial charge in [-0.2, -0.15) is 0 Å². The number of rotatable bonds is 6. The molecule has 0 bridgehead atoms. The molecule has 0 amide bonds. The predicted molar refractivity (Wildman–Crippen MR) is 68.7 cm³/mol. The number of hydrogen-bond acceptors (Lipinski definition) is 3. The van der Waals surface area contributed by atoms with Gasteiger partial charge in [-0.05, 0) is 30.2 Å². The van der Waals surface area contributed by atoms with Gasteiger partial charge in [0.1, 0.15) is 11.6 Å². The average Bonchev–Trinajstić information content (AvgIpc) is 2.32. The maximum atomic E-state index is 13.1. The molecular formula is C13H14BrFO3. The summed E-state index contributed by atoms with van der Waals surface area (Å²) < 4.78 is 18.2. The van der Waals surface area contributed by atoms with Crippen molar-refractivity contribution in [1.82, 2.24) is 0 Å². The molecular weight excluding hydrogens is 303 g/mol. The van der Waals surface area contributed by atoms with Gasteiger partial charge < -0.3 is 4.74 Å². The zero-order chi connectivity index (χ0) is 13.5. The van der Waals surface area contributed by atoms with Crippen LogP contribution in [0, 0.1) is 5.82 Å². The third kappa shape index (κ3) is 5.40. The Kier molecular flexibility index (Phi) is 5.98. The van der Waals surface area contributed by atoms with Crippen LogP contribution in [0.4, 0.5) is 4.39 Å². The van der Waals surface area contributed by atoms with Crippen LogP contribution in [-0.2, 0) is 20.7 Å². The molecule has 0 N–H and O–H groups in total. The zero-order valence-electron chi connectivity index (χ0n) is 10.0. The number of ether oxygens (including phenoxy) is 1. The van der Waals surface area contributed by atoms with E-state index in [9.17, 15) is 14.0 Å². The van der Waals surface area contributed by atoms with Crippen LogP contribution in [0.3, 0.4) is 0 Å². The van der Waals surface area contributed by atoms with Gasteiger partial charge in [-0.25, -0.2) is 4.39 Å². The Bertz CT molecular complexity index is 426. The first-order valence-corrected chi connectivity index (χ1v) is 6.34. The molecule has 0 radical (unpaired) electrons. The summed E-state index contributed by atoms with van der Waals surface area (Å²) in [6.45, 7) is 0. The summed E-state index contributed by atoms with van der Waals surface area (Å²) in [7, 11) is 1.29. The van der Waals surface area contributed by atoms with Crippen LogP contribution in [0.5, 0.6) is 0 Å². The maximum absolute atomic E-state index is 13.1. The normalized spacial score (nSPS) is 10.2. The highest BCUT2D eigenvalue weighted by atomic mass is 79.9. The second kappa shape index (κ2) is 7.26. The summed E-state index contributed by atoms with van der Waals surface area (Å²) in [6.07, 6.45) is 1.04. The Balaban J connectivity index is 2.40. The van der Waals surface area contributed by atoms with E-state index in [0.717, 1.165) is 5.56 Å². The van der Waals surface area contributed by atoms with Gasteiger partial charge in [0, 0.05) is 17.3 Å². The lowest BCUT2D eigenvalue weighted by Gasteiger charge is -2.03. The number of esters is 1. The van der Waals surface area contributed by atoms with Crippen LogP contribution in [0.2, 0.25) is 0 Å². The number of ketones is 1. The van der Waals surface area contributed by atoms with E-state index in [1.54, 1.807) is 6.07 Å². The molecule has 0 heterocycles. The first-order chi connectivity index (χ1) is 8.51. The van der Waals surface area contributed by atoms with Crippen molar-refractivity contribution in [3.8, 4) is 0 Å². The first kappa shape index (κ1) is 14.8. The summed E-state index contributed by atoms with van der Waals surface area (Å²) in [6, 6.07) is 4.54. The van der Waals surface area contributed by atoms with Crippen LogP contribution in [0.15, 0.2) is 22.7 Å². The summed E-state index contributed by atoms with van der Waals surface area (Å²) in [5, 5.41) is 0. The van der Waals surface area contributed by atoms with Crippen LogP contribution in [0.25, 0.3) is 0 Å². The molecule has 98 valence electrons. The van der Waals surface area contributed by atoms with Gasteiger partial charge in [-0.15, -0.1) is 0 Å². The molecule has 0 aromatic heterocycles. The van der Waals surface area contributed by atoms with Gasteiger partial charge in [-0.1, -0.05) is 15.9 Å². The molecule has 0 saturated heterocycles. The summed E-state index contributed by atoms with van der Waals surface area (Å²) >= 11 is 3.19. The number of methoxy groups -OCH3 is 1. The van der Waals surface area contributed by atoms with Gasteiger partial charge in [-0.3, -0.25) is 9.59 Å². The molecule has 1 aromatic rings. The molecule has 0 atom stereocenters. The molecule has 3 nitrogen and oxygen atoms in total. The lowest BCUT2D eigenvalue weighted by Crippen LogP contribution is -2.06. The minimum absolute atomic E-state index is 0.0271. The minimum atomic E-state index is -0.392. The fourth-order valence-corrected chi connectivity index (χ4v) is 2.02. The van der Waals surface area contributed by atoms with Crippen molar-refractivity contribution >= 4 is 27.7 Å². The molecule has 0 spiro atoms. The van der Waals surface area contributed by atoms with Crippen molar-refractivity contribution in [2.24, 2.45) is 0 Å². The zero-order valence-corrected chi connectivity index (χ0v) is 11.6. The van der Waals surface area contributed by atoms with Crippen molar-refractivity contribution < 1.29 is 18.7 Å². The Hall–Kier alpha value is -1.23. The molecule has 0 saturated carbocycles. The van der Waals surface area contributed by atoms with Crippen molar-refractivity contribution in [2.45, 2.75) is 25.7 Å². The highest BCUT2D eigenvalue weighted by Crippen LogP contribution is 2.16. The molecule has 1 aromatic carbocycles. The van der Waals surface area contributed by atoms with E-state index in [-0.39, 0.29) is 24.4 Å². The minimum Gasteiger partial charge on any atom is -0.469 e. The molecule has 0 aliphatic rings. The van der Waals surface area contributed by atoms with E-state index < -0.39 is 5.97 Å². The fraction of sp³-hybridized carbons (Fsp3) is 0.385. The Morgan fingerprint density at radius 3 is 2.56 bits per heavy atom. The number of carbonyl (C=O) groups excluding carboxylic acids is 2. The SMILES string of the molecule is COC(=O)CCC(=O)CCc1cc(F)cc(Br)c1. The smallest absolute Gasteiger partial charge is 0.305 e. The topological polar surface area (TPSA) is 43.4 Å². The molecule has 1 rings (SSSR count). The molecule has 5 heteroatoms. The Morgan fingerprint density at radius 1 is 1.22 bits per heavy atom. The number of Topliss-reactive ketones (excluding diaryl/α,β-unsaturated/α-hetero) is 1. The number of aryl methyl sites for hydroxylation is 1. The monoisotopic (exact) mass is 316 g/mol. The maximum Gasteiger partial charge on any atom is 0.305 e. The predicted octanol–water partition coefficient (Wildman–Crippen LogP) is 3.04. The van der Waals surface area contributed by atoms with Gasteiger partial charge >= 0.3 is 5.97 Å². The molecule has 18 heavy (non-hydrogen) atoms. The van der Waals surface area contributed by atoms with Crippen molar-refractivity contribution in [1.29, 1.82) is 0 Å². The van der Waals surface area contributed by atoms with E-state index in [1.165, 1.54) is 19.2 Å².